The molecule has 7 nitrogen and oxygen atoms in total. The Bertz CT molecular complexity index is 731. The molecule has 1 aliphatic heterocycles. The molecule has 3 N–H and O–H groups in total. The lowest BCUT2D eigenvalue weighted by molar-refractivity contribution is -0.129. The van der Waals surface area contributed by atoms with Crippen molar-refractivity contribution in [3.05, 3.63) is 46.1 Å². The average Bonchev–Trinajstić information content (AvgIpc) is 2.99. The molecule has 23 heavy (non-hydrogen) atoms. The van der Waals surface area contributed by atoms with Gasteiger partial charge in [-0.25, -0.2) is 4.79 Å². The van der Waals surface area contributed by atoms with E-state index in [0.29, 0.717) is 33.3 Å². The van der Waals surface area contributed by atoms with Crippen LogP contribution in [0.5, 0.6) is 5.75 Å². The van der Waals surface area contributed by atoms with Crippen LogP contribution in [0.1, 0.15) is 12.5 Å². The van der Waals surface area contributed by atoms with Crippen LogP contribution in [-0.4, -0.2) is 19.7 Å². The van der Waals surface area contributed by atoms with Crippen LogP contribution in [0, 0.1) is 11.3 Å². The molecule has 0 radical (unpaired) electrons. The number of aliphatic imine (C=N–C) groups is 1. The maximum absolute atomic E-state index is 12.0. The van der Waals surface area contributed by atoms with Crippen LogP contribution in [-0.2, 0) is 4.79 Å². The number of nitriles is 1. The molecule has 1 heterocycles. The van der Waals surface area contributed by atoms with E-state index in [-0.39, 0.29) is 0 Å². The number of nitrogens with zero attached hydrogens (tertiary/aromatic N) is 2. The lowest BCUT2D eigenvalue weighted by Crippen LogP contribution is -2.16. The lowest BCUT2D eigenvalue weighted by atomic mass is 10.1. The van der Waals surface area contributed by atoms with Gasteiger partial charge in [0.05, 0.1) is 0 Å². The van der Waals surface area contributed by atoms with Gasteiger partial charge in [-0.3, -0.25) is 4.99 Å². The van der Waals surface area contributed by atoms with Crippen molar-refractivity contribution in [1.29, 1.82) is 5.26 Å². The van der Waals surface area contributed by atoms with Crippen molar-refractivity contribution in [2.24, 2.45) is 4.99 Å². The summed E-state index contributed by atoms with van der Waals surface area (Å²) >= 11 is 1.17. The fraction of sp³-hybridized carbons (Fsp3) is 0.133. The Morgan fingerprint density at radius 2 is 2.13 bits per heavy atom. The van der Waals surface area contributed by atoms with Crippen molar-refractivity contribution >= 4 is 30.3 Å². The molecule has 0 saturated heterocycles. The van der Waals surface area contributed by atoms with Crippen molar-refractivity contribution in [3.63, 3.8) is 0 Å². The van der Waals surface area contributed by atoms with E-state index in [9.17, 15) is 4.79 Å². The fourth-order valence-electron chi connectivity index (χ4n) is 1.86. The van der Waals surface area contributed by atoms with Crippen molar-refractivity contribution in [2.75, 3.05) is 7.05 Å². The number of rotatable bonds is 5. The summed E-state index contributed by atoms with van der Waals surface area (Å²) in [6.07, 6.45) is 0. The number of hydrogen-bond acceptors (Lipinski definition) is 8. The molecular formula is C15H15N5O2S. The summed E-state index contributed by atoms with van der Waals surface area (Å²) in [5, 5.41) is 11.8. The van der Waals surface area contributed by atoms with E-state index in [4.69, 9.17) is 10.00 Å². The summed E-state index contributed by atoms with van der Waals surface area (Å²) in [6, 6.07) is 8.71. The first kappa shape index (κ1) is 16.6. The molecule has 0 fully saturated rings. The van der Waals surface area contributed by atoms with Crippen LogP contribution in [0.15, 0.2) is 45.6 Å². The first-order valence-corrected chi connectivity index (χ1v) is 7.42. The van der Waals surface area contributed by atoms with Crippen molar-refractivity contribution < 1.29 is 9.53 Å². The highest BCUT2D eigenvalue weighted by atomic mass is 32.2. The molecule has 0 aliphatic carbocycles. The molecule has 2 rings (SSSR count). The topological polar surface area (TPSA) is 98.5 Å². The number of esters is 1. The SMILES string of the molecule is C=N/C(=C(/C#N)NC)c1ccc(OC(=O)C2=C(C)NNS2)cc1. The summed E-state index contributed by atoms with van der Waals surface area (Å²) in [7, 11) is 1.64. The predicted molar refractivity (Wildman–Crippen MR) is 89.8 cm³/mol. The van der Waals surface area contributed by atoms with E-state index in [1.807, 2.05) is 6.07 Å². The van der Waals surface area contributed by atoms with Crippen molar-refractivity contribution in [1.82, 2.24) is 15.6 Å². The molecular weight excluding hydrogens is 314 g/mol. The average molecular weight is 329 g/mol. The first-order valence-electron chi connectivity index (χ1n) is 6.61. The van der Waals surface area contributed by atoms with E-state index in [2.05, 4.69) is 27.3 Å². The van der Waals surface area contributed by atoms with E-state index >= 15 is 0 Å². The quantitative estimate of drug-likeness (QED) is 0.248. The number of carbonyl (C=O) groups excluding carboxylic acids is 1. The second kappa shape index (κ2) is 7.49. The van der Waals surface area contributed by atoms with Gasteiger partial charge in [0.25, 0.3) is 0 Å². The van der Waals surface area contributed by atoms with E-state index in [0.717, 1.165) is 0 Å². The first-order chi connectivity index (χ1) is 11.1. The summed E-state index contributed by atoms with van der Waals surface area (Å²) in [4.78, 5) is 19.2. The van der Waals surface area contributed by atoms with Gasteiger partial charge in [-0.15, -0.1) is 0 Å². The molecule has 0 unspecified atom stereocenters. The maximum Gasteiger partial charge on any atom is 0.353 e. The number of allylic oxidation sites excluding steroid dienone is 2. The Hall–Kier alpha value is -2.76. The highest BCUT2D eigenvalue weighted by molar-refractivity contribution is 8.02. The standard InChI is InChI=1S/C15H15N5O2S/c1-9-14(23-20-19-9)15(21)22-11-6-4-10(5-7-11)13(18-3)12(8-16)17-2/h4-7,17,19-20H,3H2,1-2H3/b13-12-. The Morgan fingerprint density at radius 1 is 1.43 bits per heavy atom. The number of hydrazine groups is 1. The van der Waals surface area contributed by atoms with E-state index in [1.54, 1.807) is 38.2 Å². The minimum atomic E-state index is -0.441. The number of nitrogens with one attached hydrogen (secondary N) is 3. The van der Waals surface area contributed by atoms with Gasteiger partial charge < -0.3 is 15.5 Å². The summed E-state index contributed by atoms with van der Waals surface area (Å²) in [6.45, 7) is 5.26. The van der Waals surface area contributed by atoms with E-state index in [1.165, 1.54) is 11.9 Å². The Labute approximate surface area is 138 Å². The zero-order valence-electron chi connectivity index (χ0n) is 12.6. The van der Waals surface area contributed by atoms with Gasteiger partial charge in [0.1, 0.15) is 28.1 Å². The van der Waals surface area contributed by atoms with Gasteiger partial charge in [-0.2, -0.15) is 10.1 Å². The normalized spacial score (nSPS) is 14.5. The molecule has 0 spiro atoms. The molecule has 0 aromatic heterocycles. The molecule has 0 bridgehead atoms. The Morgan fingerprint density at radius 3 is 2.61 bits per heavy atom. The second-order valence-corrected chi connectivity index (χ2v) is 5.26. The predicted octanol–water partition coefficient (Wildman–Crippen LogP) is 1.69. The third-order valence-corrected chi connectivity index (χ3v) is 3.89. The van der Waals surface area contributed by atoms with Gasteiger partial charge in [0.2, 0.25) is 0 Å². The molecule has 0 amide bonds. The Kier molecular flexibility index (Phi) is 5.41. The van der Waals surface area contributed by atoms with Gasteiger partial charge in [0.15, 0.2) is 0 Å². The van der Waals surface area contributed by atoms with Crippen LogP contribution >= 0.6 is 11.9 Å². The molecule has 0 atom stereocenters. The van der Waals surface area contributed by atoms with Crippen LogP contribution < -0.4 is 20.3 Å². The number of carbonyl (C=O) groups is 1. The molecule has 8 heteroatoms. The third kappa shape index (κ3) is 3.71. The highest BCUT2D eigenvalue weighted by Gasteiger charge is 2.21. The van der Waals surface area contributed by atoms with Gasteiger partial charge in [0, 0.05) is 18.3 Å². The minimum absolute atomic E-state index is 0.310. The van der Waals surface area contributed by atoms with Gasteiger partial charge in [-0.1, -0.05) is 0 Å². The van der Waals surface area contributed by atoms with Crippen molar-refractivity contribution in [3.8, 4) is 11.8 Å². The molecule has 1 aromatic rings. The van der Waals surface area contributed by atoms with Gasteiger partial charge >= 0.3 is 5.97 Å². The lowest BCUT2D eigenvalue weighted by Gasteiger charge is -2.08. The number of hydrogen-bond donors (Lipinski definition) is 3. The number of ether oxygens (including phenoxy) is 1. The van der Waals surface area contributed by atoms with Crippen LogP contribution in [0.3, 0.4) is 0 Å². The smallest absolute Gasteiger partial charge is 0.353 e. The molecule has 1 aromatic carbocycles. The monoisotopic (exact) mass is 329 g/mol. The van der Waals surface area contributed by atoms with Crippen LogP contribution in [0.2, 0.25) is 0 Å². The molecule has 118 valence electrons. The molecule has 0 saturated carbocycles. The summed E-state index contributed by atoms with van der Waals surface area (Å²) < 4.78 is 5.31. The largest absolute Gasteiger partial charge is 0.422 e. The van der Waals surface area contributed by atoms with Crippen LogP contribution in [0.4, 0.5) is 0 Å². The van der Waals surface area contributed by atoms with Gasteiger partial charge in [-0.05, 0) is 49.9 Å². The zero-order valence-corrected chi connectivity index (χ0v) is 13.5. The van der Waals surface area contributed by atoms with E-state index < -0.39 is 5.97 Å². The van der Waals surface area contributed by atoms with Crippen molar-refractivity contribution in [2.45, 2.75) is 6.92 Å². The minimum Gasteiger partial charge on any atom is -0.422 e. The highest BCUT2D eigenvalue weighted by Crippen LogP contribution is 2.25. The second-order valence-electron chi connectivity index (χ2n) is 4.44. The Balaban J connectivity index is 2.19. The fourth-order valence-corrected chi connectivity index (χ4v) is 2.49. The molecule has 1 aliphatic rings. The zero-order chi connectivity index (χ0) is 16.8. The summed E-state index contributed by atoms with van der Waals surface area (Å²) in [5.41, 5.74) is 4.98. The number of benzene rings is 1. The maximum atomic E-state index is 12.0. The summed E-state index contributed by atoms with van der Waals surface area (Å²) in [5.74, 6) is -0.0405. The van der Waals surface area contributed by atoms with Crippen LogP contribution in [0.25, 0.3) is 5.70 Å². The third-order valence-electron chi connectivity index (χ3n) is 3.01.